The maximum atomic E-state index is 14.2. The fraction of sp³-hybridized carbons (Fsp3) is 0.588. The Morgan fingerprint density at radius 2 is 2.17 bits per heavy atom. The summed E-state index contributed by atoms with van der Waals surface area (Å²) in [5.41, 5.74) is 0.0699. The standard InChI is InChI=1S/C17H24ClFN2O2/c1-3-8-20-9-10-21(11-12(20)4-2)16(17(22)23)15-13(18)6-5-7-14(15)19/h5-7,12,16H,3-4,8-11H2,1-2H3,(H,22,23). The largest absolute Gasteiger partial charge is 0.480 e. The van der Waals surface area contributed by atoms with Gasteiger partial charge >= 0.3 is 5.97 Å². The Balaban J connectivity index is 2.28. The molecule has 1 aromatic rings. The van der Waals surface area contributed by atoms with Crippen LogP contribution in [-0.4, -0.2) is 53.1 Å². The number of hydrogen-bond acceptors (Lipinski definition) is 3. The Morgan fingerprint density at radius 3 is 2.74 bits per heavy atom. The van der Waals surface area contributed by atoms with Crippen molar-refractivity contribution in [3.05, 3.63) is 34.6 Å². The van der Waals surface area contributed by atoms with Crippen LogP contribution in [-0.2, 0) is 4.79 Å². The van der Waals surface area contributed by atoms with E-state index in [4.69, 9.17) is 11.6 Å². The SMILES string of the molecule is CCCN1CCN(C(C(=O)O)c2c(F)cccc2Cl)CC1CC. The average molecular weight is 343 g/mol. The van der Waals surface area contributed by atoms with Crippen LogP contribution < -0.4 is 0 Å². The van der Waals surface area contributed by atoms with Crippen LogP contribution in [0, 0.1) is 5.82 Å². The van der Waals surface area contributed by atoms with Crippen molar-refractivity contribution in [2.45, 2.75) is 38.8 Å². The Morgan fingerprint density at radius 1 is 1.43 bits per heavy atom. The summed E-state index contributed by atoms with van der Waals surface area (Å²) >= 11 is 6.10. The number of halogens is 2. The molecule has 2 rings (SSSR count). The summed E-state index contributed by atoms with van der Waals surface area (Å²) in [6.45, 7) is 7.24. The summed E-state index contributed by atoms with van der Waals surface area (Å²) in [5, 5.41) is 9.84. The highest BCUT2D eigenvalue weighted by Crippen LogP contribution is 2.32. The molecule has 1 saturated heterocycles. The van der Waals surface area contributed by atoms with Gasteiger partial charge in [0.15, 0.2) is 0 Å². The quantitative estimate of drug-likeness (QED) is 0.860. The zero-order valence-electron chi connectivity index (χ0n) is 13.6. The van der Waals surface area contributed by atoms with E-state index in [1.807, 2.05) is 4.90 Å². The number of nitrogens with zero attached hydrogens (tertiary/aromatic N) is 2. The van der Waals surface area contributed by atoms with Crippen molar-refractivity contribution < 1.29 is 14.3 Å². The summed E-state index contributed by atoms with van der Waals surface area (Å²) in [5.74, 6) is -1.62. The van der Waals surface area contributed by atoms with Crippen molar-refractivity contribution in [2.75, 3.05) is 26.2 Å². The number of rotatable bonds is 6. The smallest absolute Gasteiger partial charge is 0.325 e. The summed E-state index contributed by atoms with van der Waals surface area (Å²) < 4.78 is 14.2. The van der Waals surface area contributed by atoms with Gasteiger partial charge in [-0.2, -0.15) is 0 Å². The van der Waals surface area contributed by atoms with Gasteiger partial charge in [-0.25, -0.2) is 4.39 Å². The lowest BCUT2D eigenvalue weighted by Crippen LogP contribution is -2.55. The molecule has 6 heteroatoms. The third-order valence-corrected chi connectivity index (χ3v) is 4.82. The van der Waals surface area contributed by atoms with Crippen molar-refractivity contribution in [2.24, 2.45) is 0 Å². The third kappa shape index (κ3) is 4.03. The van der Waals surface area contributed by atoms with Gasteiger partial charge < -0.3 is 5.11 Å². The highest BCUT2D eigenvalue weighted by molar-refractivity contribution is 6.31. The van der Waals surface area contributed by atoms with Crippen molar-refractivity contribution in [3.8, 4) is 0 Å². The number of benzene rings is 1. The van der Waals surface area contributed by atoms with E-state index in [2.05, 4.69) is 18.7 Å². The Hall–Kier alpha value is -1.17. The molecule has 1 aliphatic rings. The van der Waals surface area contributed by atoms with Crippen LogP contribution in [0.15, 0.2) is 18.2 Å². The lowest BCUT2D eigenvalue weighted by Gasteiger charge is -2.43. The lowest BCUT2D eigenvalue weighted by atomic mass is 10.0. The molecule has 0 spiro atoms. The number of carbonyl (C=O) groups is 1. The van der Waals surface area contributed by atoms with Gasteiger partial charge in [0.1, 0.15) is 11.9 Å². The number of carboxylic acids is 1. The monoisotopic (exact) mass is 342 g/mol. The number of piperazine rings is 1. The van der Waals surface area contributed by atoms with Crippen LogP contribution in [0.25, 0.3) is 0 Å². The topological polar surface area (TPSA) is 43.8 Å². The number of hydrogen-bond donors (Lipinski definition) is 1. The molecule has 0 amide bonds. The van der Waals surface area contributed by atoms with Crippen LogP contribution in [0.3, 0.4) is 0 Å². The van der Waals surface area contributed by atoms with E-state index < -0.39 is 17.8 Å². The molecule has 1 N–H and O–H groups in total. The van der Waals surface area contributed by atoms with Gasteiger partial charge in [-0.05, 0) is 31.5 Å². The van der Waals surface area contributed by atoms with Crippen LogP contribution in [0.4, 0.5) is 4.39 Å². The molecule has 1 heterocycles. The Kier molecular flexibility index (Phi) is 6.39. The minimum absolute atomic E-state index is 0.0699. The van der Waals surface area contributed by atoms with E-state index in [9.17, 15) is 14.3 Å². The van der Waals surface area contributed by atoms with Crippen molar-refractivity contribution >= 4 is 17.6 Å². The van der Waals surface area contributed by atoms with Gasteiger partial charge in [-0.15, -0.1) is 0 Å². The van der Waals surface area contributed by atoms with Crippen molar-refractivity contribution in [1.29, 1.82) is 0 Å². The third-order valence-electron chi connectivity index (χ3n) is 4.49. The number of aliphatic carboxylic acids is 1. The summed E-state index contributed by atoms with van der Waals surface area (Å²) in [6, 6.07) is 3.55. The second kappa shape index (κ2) is 8.08. The first-order chi connectivity index (χ1) is 11.0. The van der Waals surface area contributed by atoms with Crippen LogP contribution in [0.1, 0.15) is 38.3 Å². The molecule has 1 aromatic carbocycles. The predicted octanol–water partition coefficient (Wildman–Crippen LogP) is 3.41. The second-order valence-corrected chi connectivity index (χ2v) is 6.38. The van der Waals surface area contributed by atoms with Gasteiger partial charge in [0, 0.05) is 36.3 Å². The van der Waals surface area contributed by atoms with Gasteiger partial charge in [-0.3, -0.25) is 14.6 Å². The van der Waals surface area contributed by atoms with Crippen LogP contribution in [0.2, 0.25) is 5.02 Å². The van der Waals surface area contributed by atoms with Gasteiger partial charge in [-0.1, -0.05) is 31.5 Å². The fourth-order valence-electron chi connectivity index (χ4n) is 3.35. The van der Waals surface area contributed by atoms with E-state index in [1.165, 1.54) is 12.1 Å². The summed E-state index contributed by atoms with van der Waals surface area (Å²) in [4.78, 5) is 16.1. The summed E-state index contributed by atoms with van der Waals surface area (Å²) in [7, 11) is 0. The molecule has 128 valence electrons. The summed E-state index contributed by atoms with van der Waals surface area (Å²) in [6.07, 6.45) is 2.01. The average Bonchev–Trinajstić information content (AvgIpc) is 2.51. The first-order valence-electron chi connectivity index (χ1n) is 8.14. The molecule has 1 fully saturated rings. The Labute approximate surface area is 141 Å². The first-order valence-corrected chi connectivity index (χ1v) is 8.52. The van der Waals surface area contributed by atoms with E-state index in [0.29, 0.717) is 13.1 Å². The molecular weight excluding hydrogens is 319 g/mol. The Bertz CT molecular complexity index is 535. The molecule has 2 atom stereocenters. The molecule has 2 unspecified atom stereocenters. The zero-order chi connectivity index (χ0) is 17.0. The predicted molar refractivity (Wildman–Crippen MR) is 89.3 cm³/mol. The van der Waals surface area contributed by atoms with Gasteiger partial charge in [0.05, 0.1) is 0 Å². The minimum atomic E-state index is -1.06. The molecule has 4 nitrogen and oxygen atoms in total. The van der Waals surface area contributed by atoms with Gasteiger partial charge in [0.2, 0.25) is 0 Å². The molecule has 0 aliphatic carbocycles. The van der Waals surface area contributed by atoms with Crippen molar-refractivity contribution in [1.82, 2.24) is 9.80 Å². The lowest BCUT2D eigenvalue weighted by molar-refractivity contribution is -0.145. The van der Waals surface area contributed by atoms with Crippen LogP contribution in [0.5, 0.6) is 0 Å². The molecule has 0 bridgehead atoms. The van der Waals surface area contributed by atoms with Gasteiger partial charge in [0.25, 0.3) is 0 Å². The maximum absolute atomic E-state index is 14.2. The van der Waals surface area contributed by atoms with E-state index in [0.717, 1.165) is 25.9 Å². The fourth-order valence-corrected chi connectivity index (χ4v) is 3.62. The first kappa shape index (κ1) is 18.2. The number of carboxylic acid groups (broad SMARTS) is 1. The molecule has 0 saturated carbocycles. The molecule has 1 aliphatic heterocycles. The molecule has 0 radical (unpaired) electrons. The molecule has 23 heavy (non-hydrogen) atoms. The molecule has 0 aromatic heterocycles. The van der Waals surface area contributed by atoms with Crippen LogP contribution >= 0.6 is 11.6 Å². The highest BCUT2D eigenvalue weighted by Gasteiger charge is 2.36. The van der Waals surface area contributed by atoms with Crippen molar-refractivity contribution in [3.63, 3.8) is 0 Å². The highest BCUT2D eigenvalue weighted by atomic mass is 35.5. The zero-order valence-corrected chi connectivity index (χ0v) is 14.4. The maximum Gasteiger partial charge on any atom is 0.325 e. The second-order valence-electron chi connectivity index (χ2n) is 5.97. The van der Waals surface area contributed by atoms with E-state index in [1.54, 1.807) is 6.07 Å². The normalized spacial score (nSPS) is 21.3. The molecular formula is C17H24ClFN2O2. The van der Waals surface area contributed by atoms with E-state index in [-0.39, 0.29) is 16.6 Å². The minimum Gasteiger partial charge on any atom is -0.480 e. The van der Waals surface area contributed by atoms with E-state index >= 15 is 0 Å².